The minimum atomic E-state index is -0.0985. The highest BCUT2D eigenvalue weighted by atomic mass is 16.1. The third-order valence-corrected chi connectivity index (χ3v) is 1.78. The number of carbonyl (C=O) groups is 1. The first kappa shape index (κ1) is 14.4. The van der Waals surface area contributed by atoms with Gasteiger partial charge in [0, 0.05) is 12.1 Å². The van der Waals surface area contributed by atoms with Gasteiger partial charge >= 0.3 is 0 Å². The Hall–Kier alpha value is -1.57. The van der Waals surface area contributed by atoms with Gasteiger partial charge in [-0.3, -0.25) is 4.79 Å². The molecule has 88 valence electrons. The Morgan fingerprint density at radius 1 is 1.25 bits per heavy atom. The first-order valence-electron chi connectivity index (χ1n) is 5.31. The molecule has 0 aromatic carbocycles. The number of rotatable bonds is 5. The molecule has 0 saturated carbocycles. The van der Waals surface area contributed by atoms with Crippen LogP contribution in [0.1, 0.15) is 20.8 Å². The Kier molecular flexibility index (Phi) is 6.16. The van der Waals surface area contributed by atoms with Gasteiger partial charge in [-0.25, -0.2) is 0 Å². The summed E-state index contributed by atoms with van der Waals surface area (Å²) < 4.78 is 0. The predicted molar refractivity (Wildman–Crippen MR) is 70.1 cm³/mol. The summed E-state index contributed by atoms with van der Waals surface area (Å²) >= 11 is 0. The molecule has 0 heterocycles. The third-order valence-electron chi connectivity index (χ3n) is 1.78. The van der Waals surface area contributed by atoms with E-state index in [9.17, 15) is 4.79 Å². The maximum Gasteiger partial charge on any atom is 0.251 e. The van der Waals surface area contributed by atoms with Gasteiger partial charge < -0.3 is 5.32 Å². The van der Waals surface area contributed by atoms with Gasteiger partial charge in [-0.2, -0.15) is 0 Å². The molecule has 0 aliphatic rings. The number of allylic oxidation sites excluding steroid dienone is 4. The van der Waals surface area contributed by atoms with Gasteiger partial charge in [0.2, 0.25) is 0 Å². The zero-order valence-corrected chi connectivity index (χ0v) is 10.4. The molecule has 0 atom stereocenters. The van der Waals surface area contributed by atoms with Gasteiger partial charge in [-0.15, -0.1) is 0 Å². The van der Waals surface area contributed by atoms with Crippen molar-refractivity contribution in [2.75, 3.05) is 6.54 Å². The van der Waals surface area contributed by atoms with E-state index < -0.39 is 0 Å². The first-order chi connectivity index (χ1) is 7.40. The fourth-order valence-corrected chi connectivity index (χ4v) is 0.922. The number of hydrogen-bond donors (Lipinski definition) is 1. The molecule has 0 aliphatic carbocycles. The van der Waals surface area contributed by atoms with Crippen molar-refractivity contribution in [3.63, 3.8) is 0 Å². The van der Waals surface area contributed by atoms with E-state index in [0.29, 0.717) is 12.1 Å². The second kappa shape index (κ2) is 6.83. The summed E-state index contributed by atoms with van der Waals surface area (Å²) in [5, 5.41) is 2.86. The molecule has 0 rings (SSSR count). The van der Waals surface area contributed by atoms with Crippen molar-refractivity contribution in [1.82, 2.24) is 5.32 Å². The summed E-state index contributed by atoms with van der Waals surface area (Å²) in [6, 6.07) is 0. The van der Waals surface area contributed by atoms with E-state index in [2.05, 4.69) is 39.2 Å². The van der Waals surface area contributed by atoms with E-state index >= 15 is 0 Å². The van der Waals surface area contributed by atoms with Crippen LogP contribution in [-0.2, 0) is 4.79 Å². The Bertz CT molecular complexity index is 316. The van der Waals surface area contributed by atoms with E-state index in [-0.39, 0.29) is 11.3 Å². The highest BCUT2D eigenvalue weighted by molar-refractivity contribution is 5.96. The molecule has 0 bridgehead atoms. The molecule has 16 heavy (non-hydrogen) atoms. The number of hydrogen-bond acceptors (Lipinski definition) is 1. The maximum absolute atomic E-state index is 11.7. The van der Waals surface area contributed by atoms with Crippen molar-refractivity contribution in [1.29, 1.82) is 0 Å². The average molecular weight is 219 g/mol. The maximum atomic E-state index is 11.7. The lowest BCUT2D eigenvalue weighted by Crippen LogP contribution is -2.32. The fourth-order valence-electron chi connectivity index (χ4n) is 0.922. The molecule has 0 saturated heterocycles. The number of nitrogens with one attached hydrogen (secondary N) is 1. The lowest BCUT2D eigenvalue weighted by molar-refractivity contribution is -0.117. The average Bonchev–Trinajstić information content (AvgIpc) is 2.20. The largest absolute Gasteiger partial charge is 0.352 e. The van der Waals surface area contributed by atoms with Crippen LogP contribution in [0.25, 0.3) is 0 Å². The van der Waals surface area contributed by atoms with E-state index in [1.54, 1.807) is 30.4 Å². The second-order valence-electron chi connectivity index (χ2n) is 4.69. The topological polar surface area (TPSA) is 29.1 Å². The number of amides is 1. The molecule has 0 spiro atoms. The predicted octanol–water partition coefficient (Wildman–Crippen LogP) is 3.00. The van der Waals surface area contributed by atoms with Crippen LogP contribution in [0.2, 0.25) is 0 Å². The molecule has 0 aliphatic heterocycles. The van der Waals surface area contributed by atoms with Crippen LogP contribution in [0.5, 0.6) is 0 Å². The van der Waals surface area contributed by atoms with Gasteiger partial charge in [-0.1, -0.05) is 58.2 Å². The molecular formula is C14H21NO. The molecule has 2 heteroatoms. The van der Waals surface area contributed by atoms with Gasteiger partial charge in [0.15, 0.2) is 0 Å². The van der Waals surface area contributed by atoms with Crippen LogP contribution in [-0.4, -0.2) is 12.5 Å². The van der Waals surface area contributed by atoms with Crippen molar-refractivity contribution in [3.8, 4) is 0 Å². The molecule has 0 fully saturated rings. The number of carbonyl (C=O) groups excluding carboxylic acids is 1. The Morgan fingerprint density at radius 3 is 2.31 bits per heavy atom. The normalized spacial score (nSPS) is 12.6. The quantitative estimate of drug-likeness (QED) is 0.559. The lowest BCUT2D eigenvalue weighted by Gasteiger charge is -2.18. The molecule has 0 radical (unpaired) electrons. The zero-order valence-electron chi connectivity index (χ0n) is 10.4. The minimum Gasteiger partial charge on any atom is -0.352 e. The fraction of sp³-hybridized carbons (Fsp3) is 0.357. The van der Waals surface area contributed by atoms with E-state index in [1.807, 2.05) is 0 Å². The molecule has 1 N–H and O–H groups in total. The summed E-state index contributed by atoms with van der Waals surface area (Å²) in [4.78, 5) is 11.7. The summed E-state index contributed by atoms with van der Waals surface area (Å²) in [7, 11) is 0. The van der Waals surface area contributed by atoms with Crippen molar-refractivity contribution in [2.24, 2.45) is 5.41 Å². The van der Waals surface area contributed by atoms with Gasteiger partial charge in [-0.05, 0) is 11.5 Å². The van der Waals surface area contributed by atoms with Crippen LogP contribution < -0.4 is 5.32 Å². The van der Waals surface area contributed by atoms with Gasteiger partial charge in [0.05, 0.1) is 0 Å². The summed E-state index contributed by atoms with van der Waals surface area (Å²) in [6.45, 7) is 14.0. The highest BCUT2D eigenvalue weighted by Gasteiger charge is 2.12. The minimum absolute atomic E-state index is 0.0822. The van der Waals surface area contributed by atoms with Crippen molar-refractivity contribution in [3.05, 3.63) is 49.1 Å². The van der Waals surface area contributed by atoms with Crippen LogP contribution in [0.15, 0.2) is 49.1 Å². The molecular weight excluding hydrogens is 198 g/mol. The Labute approximate surface area is 98.4 Å². The van der Waals surface area contributed by atoms with Crippen molar-refractivity contribution in [2.45, 2.75) is 20.8 Å². The van der Waals surface area contributed by atoms with Crippen LogP contribution in [0, 0.1) is 5.41 Å². The smallest absolute Gasteiger partial charge is 0.251 e. The van der Waals surface area contributed by atoms with Crippen LogP contribution >= 0.6 is 0 Å². The standard InChI is InChI=1S/C14H21NO/c1-6-8-9-10-12(7-2)13(16)15-11-14(3,4)5/h6-10H,1-2,11H2,3-5H3,(H,15,16)/b9-8-,12-10+. The second-order valence-corrected chi connectivity index (χ2v) is 4.69. The van der Waals surface area contributed by atoms with E-state index in [0.717, 1.165) is 0 Å². The third kappa shape index (κ3) is 6.82. The molecule has 0 aromatic rings. The zero-order chi connectivity index (χ0) is 12.6. The summed E-state index contributed by atoms with van der Waals surface area (Å²) in [5.41, 5.74) is 0.640. The SMILES string of the molecule is C=C/C=C\C=C(/C=C)C(=O)NCC(C)(C)C. The van der Waals surface area contributed by atoms with Gasteiger partial charge in [0.1, 0.15) is 0 Å². The first-order valence-corrected chi connectivity index (χ1v) is 5.31. The molecule has 2 nitrogen and oxygen atoms in total. The van der Waals surface area contributed by atoms with E-state index in [4.69, 9.17) is 0 Å². The van der Waals surface area contributed by atoms with Gasteiger partial charge in [0.25, 0.3) is 5.91 Å². The molecule has 0 aromatic heterocycles. The summed E-state index contributed by atoms with van der Waals surface area (Å²) in [5.74, 6) is -0.0985. The monoisotopic (exact) mass is 219 g/mol. The Balaban J connectivity index is 4.43. The molecule has 0 unspecified atom stereocenters. The van der Waals surface area contributed by atoms with Crippen LogP contribution in [0.4, 0.5) is 0 Å². The molecule has 1 amide bonds. The van der Waals surface area contributed by atoms with Crippen LogP contribution in [0.3, 0.4) is 0 Å². The van der Waals surface area contributed by atoms with Crippen molar-refractivity contribution >= 4 is 5.91 Å². The lowest BCUT2D eigenvalue weighted by atomic mass is 9.97. The Morgan fingerprint density at radius 2 is 1.88 bits per heavy atom. The van der Waals surface area contributed by atoms with E-state index in [1.165, 1.54) is 0 Å². The summed E-state index contributed by atoms with van der Waals surface area (Å²) in [6.07, 6.45) is 8.45. The van der Waals surface area contributed by atoms with Crippen molar-refractivity contribution < 1.29 is 4.79 Å². The highest BCUT2D eigenvalue weighted by Crippen LogP contribution is 2.10.